The molecular formula is C17H36OSi. The highest BCUT2D eigenvalue weighted by molar-refractivity contribution is 5.97. The summed E-state index contributed by atoms with van der Waals surface area (Å²) >= 11 is 0. The standard InChI is InChI=1S/C17H36OSi/c1-16(2,3)15-12-10-8-6-7-9-11-14(13-18-19)17(15,4)5/h14-15H,6-13H2,1-5,19H3. The van der Waals surface area contributed by atoms with Crippen molar-refractivity contribution >= 4 is 10.5 Å². The fourth-order valence-electron chi connectivity index (χ4n) is 4.35. The second kappa shape index (κ2) is 7.26. The van der Waals surface area contributed by atoms with Crippen LogP contribution in [0, 0.1) is 22.7 Å². The van der Waals surface area contributed by atoms with Crippen molar-refractivity contribution < 1.29 is 4.43 Å². The van der Waals surface area contributed by atoms with Gasteiger partial charge in [0.15, 0.2) is 0 Å². The molecule has 0 spiro atoms. The molecule has 0 aromatic heterocycles. The predicted molar refractivity (Wildman–Crippen MR) is 88.4 cm³/mol. The molecule has 1 aliphatic carbocycles. The van der Waals surface area contributed by atoms with Crippen LogP contribution in [0.25, 0.3) is 0 Å². The number of hydrogen-bond acceptors (Lipinski definition) is 1. The van der Waals surface area contributed by atoms with Gasteiger partial charge in [0.25, 0.3) is 0 Å². The molecule has 0 radical (unpaired) electrons. The lowest BCUT2D eigenvalue weighted by atomic mass is 9.58. The van der Waals surface area contributed by atoms with Crippen LogP contribution >= 0.6 is 0 Å². The van der Waals surface area contributed by atoms with Crippen molar-refractivity contribution in [3.63, 3.8) is 0 Å². The van der Waals surface area contributed by atoms with E-state index in [1.54, 1.807) is 0 Å². The summed E-state index contributed by atoms with van der Waals surface area (Å²) < 4.78 is 5.69. The summed E-state index contributed by atoms with van der Waals surface area (Å²) in [5, 5.41) is 0. The SMILES string of the molecule is CC(C)(C)C1CCCCCCCC(CO[SiH3])C1(C)C. The Bertz CT molecular complexity index is 254. The third-order valence-corrected chi connectivity index (χ3v) is 5.74. The Kier molecular flexibility index (Phi) is 6.58. The van der Waals surface area contributed by atoms with E-state index in [0.717, 1.165) is 28.9 Å². The summed E-state index contributed by atoms with van der Waals surface area (Å²) in [7, 11) is 0.881. The average Bonchev–Trinajstić information content (AvgIpc) is 2.28. The molecule has 2 heteroatoms. The van der Waals surface area contributed by atoms with E-state index in [4.69, 9.17) is 4.43 Å². The molecule has 1 nitrogen and oxygen atoms in total. The molecule has 0 bridgehead atoms. The highest BCUT2D eigenvalue weighted by Gasteiger charge is 2.42. The Balaban J connectivity index is 2.94. The fraction of sp³-hybridized carbons (Fsp3) is 1.00. The maximum Gasteiger partial charge on any atom is 0.145 e. The first-order chi connectivity index (χ1) is 8.80. The monoisotopic (exact) mass is 284 g/mol. The van der Waals surface area contributed by atoms with Gasteiger partial charge in [-0.1, -0.05) is 66.7 Å². The zero-order valence-electron chi connectivity index (χ0n) is 14.2. The van der Waals surface area contributed by atoms with E-state index in [2.05, 4.69) is 34.6 Å². The van der Waals surface area contributed by atoms with Gasteiger partial charge in [-0.25, -0.2) is 0 Å². The lowest BCUT2D eigenvalue weighted by Crippen LogP contribution is -2.42. The topological polar surface area (TPSA) is 9.23 Å². The van der Waals surface area contributed by atoms with E-state index < -0.39 is 0 Å². The van der Waals surface area contributed by atoms with Gasteiger partial charge < -0.3 is 4.43 Å². The molecular weight excluding hydrogens is 248 g/mol. The second-order valence-electron chi connectivity index (χ2n) is 8.24. The molecule has 0 N–H and O–H groups in total. The molecule has 0 heterocycles. The first-order valence-corrected chi connectivity index (χ1v) is 9.10. The van der Waals surface area contributed by atoms with Crippen LogP contribution < -0.4 is 0 Å². The molecule has 2 atom stereocenters. The Hall–Kier alpha value is 0.177. The molecule has 0 aromatic carbocycles. The Labute approximate surface area is 124 Å². The van der Waals surface area contributed by atoms with Crippen LogP contribution in [0.2, 0.25) is 0 Å². The van der Waals surface area contributed by atoms with Crippen molar-refractivity contribution in [2.45, 2.75) is 79.6 Å². The summed E-state index contributed by atoms with van der Waals surface area (Å²) in [6.07, 6.45) is 9.87. The van der Waals surface area contributed by atoms with E-state index >= 15 is 0 Å². The smallest absolute Gasteiger partial charge is 0.145 e. The molecule has 114 valence electrons. The van der Waals surface area contributed by atoms with Gasteiger partial charge in [-0.3, -0.25) is 0 Å². The van der Waals surface area contributed by atoms with Crippen LogP contribution in [0.3, 0.4) is 0 Å². The van der Waals surface area contributed by atoms with E-state index in [0.29, 0.717) is 10.8 Å². The minimum absolute atomic E-state index is 0.403. The minimum atomic E-state index is 0.403. The molecule has 1 saturated carbocycles. The first-order valence-electron chi connectivity index (χ1n) is 8.29. The van der Waals surface area contributed by atoms with E-state index in [-0.39, 0.29) is 0 Å². The summed E-state index contributed by atoms with van der Waals surface area (Å²) in [6, 6.07) is 0. The third-order valence-electron chi connectivity index (χ3n) is 5.41. The first kappa shape index (κ1) is 17.2. The van der Waals surface area contributed by atoms with Crippen LogP contribution in [0.5, 0.6) is 0 Å². The molecule has 0 saturated heterocycles. The van der Waals surface area contributed by atoms with Gasteiger partial charge in [0.05, 0.1) is 0 Å². The van der Waals surface area contributed by atoms with Gasteiger partial charge in [0.1, 0.15) is 10.5 Å². The molecule has 1 fully saturated rings. The maximum atomic E-state index is 5.69. The molecule has 1 rings (SSSR count). The second-order valence-corrected chi connectivity index (χ2v) is 8.81. The zero-order valence-corrected chi connectivity index (χ0v) is 16.2. The van der Waals surface area contributed by atoms with Crippen LogP contribution in [0.4, 0.5) is 0 Å². The molecule has 19 heavy (non-hydrogen) atoms. The van der Waals surface area contributed by atoms with Crippen molar-refractivity contribution in [2.24, 2.45) is 22.7 Å². The summed E-state index contributed by atoms with van der Waals surface area (Å²) in [5.74, 6) is 1.55. The molecule has 0 aliphatic heterocycles. The molecule has 0 amide bonds. The van der Waals surface area contributed by atoms with Crippen LogP contribution in [-0.2, 0) is 4.43 Å². The highest BCUT2D eigenvalue weighted by Crippen LogP contribution is 2.49. The summed E-state index contributed by atoms with van der Waals surface area (Å²) in [5.41, 5.74) is 0.812. The third kappa shape index (κ3) is 4.89. The van der Waals surface area contributed by atoms with Crippen LogP contribution in [0.15, 0.2) is 0 Å². The quantitative estimate of drug-likeness (QED) is 0.686. The van der Waals surface area contributed by atoms with Gasteiger partial charge in [0, 0.05) is 6.61 Å². The average molecular weight is 285 g/mol. The minimum Gasteiger partial charge on any atom is -0.428 e. The van der Waals surface area contributed by atoms with E-state index in [9.17, 15) is 0 Å². The fourth-order valence-corrected chi connectivity index (χ4v) is 4.75. The summed E-state index contributed by atoms with van der Waals surface area (Å²) in [4.78, 5) is 0. The van der Waals surface area contributed by atoms with Crippen molar-refractivity contribution in [1.29, 1.82) is 0 Å². The van der Waals surface area contributed by atoms with Gasteiger partial charge >= 0.3 is 0 Å². The van der Waals surface area contributed by atoms with Gasteiger partial charge in [-0.05, 0) is 35.5 Å². The van der Waals surface area contributed by atoms with E-state index in [1.807, 2.05) is 0 Å². The number of rotatable bonds is 2. The molecule has 2 unspecified atom stereocenters. The van der Waals surface area contributed by atoms with Crippen LogP contribution in [-0.4, -0.2) is 17.1 Å². The van der Waals surface area contributed by atoms with Crippen molar-refractivity contribution in [2.75, 3.05) is 6.61 Å². The van der Waals surface area contributed by atoms with Crippen molar-refractivity contribution in [3.8, 4) is 0 Å². The van der Waals surface area contributed by atoms with E-state index in [1.165, 1.54) is 44.9 Å². The lowest BCUT2D eigenvalue weighted by molar-refractivity contribution is -0.00190. The Morgan fingerprint density at radius 1 is 1.00 bits per heavy atom. The van der Waals surface area contributed by atoms with Crippen LogP contribution in [0.1, 0.15) is 79.6 Å². The van der Waals surface area contributed by atoms with Crippen molar-refractivity contribution in [1.82, 2.24) is 0 Å². The lowest BCUT2D eigenvalue weighted by Gasteiger charge is -2.48. The summed E-state index contributed by atoms with van der Waals surface area (Å²) in [6.45, 7) is 13.3. The molecule has 0 aromatic rings. The Morgan fingerprint density at radius 2 is 1.53 bits per heavy atom. The van der Waals surface area contributed by atoms with Gasteiger partial charge in [-0.15, -0.1) is 0 Å². The largest absolute Gasteiger partial charge is 0.428 e. The van der Waals surface area contributed by atoms with Crippen molar-refractivity contribution in [3.05, 3.63) is 0 Å². The normalized spacial score (nSPS) is 30.2. The highest BCUT2D eigenvalue weighted by atomic mass is 28.2. The number of hydrogen-bond donors (Lipinski definition) is 0. The van der Waals surface area contributed by atoms with Gasteiger partial charge in [0.2, 0.25) is 0 Å². The van der Waals surface area contributed by atoms with Gasteiger partial charge in [-0.2, -0.15) is 0 Å². The maximum absolute atomic E-state index is 5.69. The Morgan fingerprint density at radius 3 is 2.05 bits per heavy atom. The zero-order chi connectivity index (χ0) is 14.5. The molecule has 1 aliphatic rings. The predicted octanol–water partition coefficient (Wildman–Crippen LogP) is 4.33.